The van der Waals surface area contributed by atoms with Crippen molar-refractivity contribution in [2.75, 3.05) is 18.0 Å². The van der Waals surface area contributed by atoms with E-state index in [1.165, 1.54) is 27.0 Å². The van der Waals surface area contributed by atoms with Gasteiger partial charge in [0, 0.05) is 25.4 Å². The zero-order valence-electron chi connectivity index (χ0n) is 19.0. The molecule has 4 rings (SSSR count). The Morgan fingerprint density at radius 1 is 1.16 bits per heavy atom. The van der Waals surface area contributed by atoms with Gasteiger partial charge in [-0.3, -0.25) is 4.90 Å². The van der Waals surface area contributed by atoms with Crippen LogP contribution < -0.4 is 9.64 Å². The van der Waals surface area contributed by atoms with E-state index >= 15 is 0 Å². The van der Waals surface area contributed by atoms with Gasteiger partial charge >= 0.3 is 18.6 Å². The summed E-state index contributed by atoms with van der Waals surface area (Å²) < 4.78 is 57.9. The highest BCUT2D eigenvalue weighted by atomic mass is 35.5. The minimum Gasteiger partial charge on any atom is -0.427 e. The summed E-state index contributed by atoms with van der Waals surface area (Å²) in [5, 5.41) is 12.7. The molecule has 1 aliphatic rings. The lowest BCUT2D eigenvalue weighted by Gasteiger charge is -2.39. The molecule has 1 aliphatic heterocycles. The summed E-state index contributed by atoms with van der Waals surface area (Å²) in [4.78, 5) is 24.6. The van der Waals surface area contributed by atoms with Crippen LogP contribution in [-0.2, 0) is 0 Å². The summed E-state index contributed by atoms with van der Waals surface area (Å²) in [6.45, 7) is 2.20. The van der Waals surface area contributed by atoms with E-state index in [4.69, 9.17) is 28.5 Å². The summed E-state index contributed by atoms with van der Waals surface area (Å²) in [7, 11) is 0. The lowest BCUT2D eigenvalue weighted by Crippen LogP contribution is -2.50. The van der Waals surface area contributed by atoms with Gasteiger partial charge in [-0.25, -0.2) is 14.8 Å². The Labute approximate surface area is 217 Å². The predicted molar refractivity (Wildman–Crippen MR) is 124 cm³/mol. The Morgan fingerprint density at radius 3 is 2.57 bits per heavy atom. The number of benzene rings is 1. The molecule has 9 nitrogen and oxygen atoms in total. The van der Waals surface area contributed by atoms with Crippen LogP contribution in [0.2, 0.25) is 10.0 Å². The van der Waals surface area contributed by atoms with E-state index in [0.29, 0.717) is 30.2 Å². The van der Waals surface area contributed by atoms with Gasteiger partial charge in [-0.05, 0) is 31.5 Å². The van der Waals surface area contributed by atoms with Crippen molar-refractivity contribution in [3.05, 3.63) is 58.2 Å². The van der Waals surface area contributed by atoms with Crippen LogP contribution in [0.3, 0.4) is 0 Å². The first-order chi connectivity index (χ1) is 17.5. The molecule has 0 bridgehead atoms. The number of ether oxygens (including phenoxy) is 1. The minimum absolute atomic E-state index is 0.0386. The third kappa shape index (κ3) is 5.26. The number of urea groups is 1. The van der Waals surface area contributed by atoms with Gasteiger partial charge in [-0.15, -0.1) is 0 Å². The van der Waals surface area contributed by atoms with E-state index < -0.39 is 35.4 Å². The first-order valence-electron chi connectivity index (χ1n) is 10.7. The highest BCUT2D eigenvalue weighted by Crippen LogP contribution is 2.41. The van der Waals surface area contributed by atoms with Gasteiger partial charge in [-0.1, -0.05) is 23.2 Å². The first kappa shape index (κ1) is 26.4. The van der Waals surface area contributed by atoms with Crippen molar-refractivity contribution in [3.63, 3.8) is 0 Å². The Bertz CT molecular complexity index is 1350. The second-order valence-electron chi connectivity index (χ2n) is 7.90. The number of carbonyl (C=O) groups excluding carboxylic acids is 1. The second-order valence-corrected chi connectivity index (χ2v) is 8.72. The van der Waals surface area contributed by atoms with Crippen LogP contribution in [0, 0.1) is 11.3 Å². The number of hydrogen-bond acceptors (Lipinski definition) is 6. The molecule has 1 atom stereocenters. The number of pyridine rings is 1. The average molecular weight is 558 g/mol. The van der Waals surface area contributed by atoms with Crippen LogP contribution in [0.15, 0.2) is 36.8 Å². The molecular formula is C22H17Cl2F4N7O2. The van der Waals surface area contributed by atoms with Crippen LogP contribution in [0.4, 0.5) is 28.0 Å². The highest BCUT2D eigenvalue weighted by molar-refractivity contribution is 6.37. The molecule has 0 radical (unpaired) electrons. The fourth-order valence-electron chi connectivity index (χ4n) is 3.75. The molecule has 0 saturated carbocycles. The molecule has 0 aliphatic carbocycles. The maximum absolute atomic E-state index is 13.5. The van der Waals surface area contributed by atoms with Gasteiger partial charge in [0.1, 0.15) is 18.1 Å². The predicted octanol–water partition coefficient (Wildman–Crippen LogP) is 5.47. The fourth-order valence-corrected chi connectivity index (χ4v) is 4.28. The van der Waals surface area contributed by atoms with Crippen LogP contribution in [-0.4, -0.2) is 56.3 Å². The van der Waals surface area contributed by atoms with E-state index in [1.807, 2.05) is 6.07 Å². The largest absolute Gasteiger partial charge is 0.461 e. The molecule has 2 aromatic heterocycles. The molecule has 194 valence electrons. The standard InChI is InChI=1S/C22H17Cl2F4N7O2/c1-12(19-31-11-32-35(19)18-4-3-13(9-29)10-30-18)33-5-2-6-34(21(33)36)16-8-17(15(24)7-14(16)23)37-22(27,28)20(25)26/h3-4,7-8,10-12,20H,2,5-6H2,1H3/t12-/m0/s1. The van der Waals surface area contributed by atoms with Crippen molar-refractivity contribution in [1.29, 1.82) is 5.26 Å². The van der Waals surface area contributed by atoms with Crippen molar-refractivity contribution in [1.82, 2.24) is 24.6 Å². The quantitative estimate of drug-likeness (QED) is 0.357. The SMILES string of the molecule is C[C@@H](c1ncnn1-c1ccc(C#N)cn1)N1CCCN(c2cc(OC(F)(F)C(F)F)c(Cl)cc2Cl)C1=O. The molecule has 1 saturated heterocycles. The summed E-state index contributed by atoms with van der Waals surface area (Å²) >= 11 is 12.1. The number of rotatable bonds is 7. The third-order valence-corrected chi connectivity index (χ3v) is 6.16. The van der Waals surface area contributed by atoms with Crippen LogP contribution in [0.1, 0.15) is 30.8 Å². The molecule has 1 aromatic carbocycles. The number of aromatic nitrogens is 4. The number of amides is 2. The van der Waals surface area contributed by atoms with Gasteiger partial charge in [0.25, 0.3) is 0 Å². The molecule has 0 unspecified atom stereocenters. The van der Waals surface area contributed by atoms with Gasteiger partial charge in [0.05, 0.1) is 27.3 Å². The molecule has 3 aromatic rings. The third-order valence-electron chi connectivity index (χ3n) is 5.56. The number of anilines is 1. The summed E-state index contributed by atoms with van der Waals surface area (Å²) in [5.74, 6) is -0.00617. The van der Waals surface area contributed by atoms with Crippen molar-refractivity contribution in [2.24, 2.45) is 0 Å². The topological polar surface area (TPSA) is 100 Å². The molecule has 2 amide bonds. The van der Waals surface area contributed by atoms with E-state index in [9.17, 15) is 22.4 Å². The summed E-state index contributed by atoms with van der Waals surface area (Å²) in [6.07, 6.45) is -5.77. The minimum atomic E-state index is -4.80. The lowest BCUT2D eigenvalue weighted by atomic mass is 10.1. The van der Waals surface area contributed by atoms with E-state index in [-0.39, 0.29) is 17.3 Å². The molecule has 1 fully saturated rings. The van der Waals surface area contributed by atoms with Crippen molar-refractivity contribution >= 4 is 34.9 Å². The van der Waals surface area contributed by atoms with Crippen molar-refractivity contribution in [2.45, 2.75) is 31.9 Å². The number of hydrogen-bond donors (Lipinski definition) is 0. The Hall–Kier alpha value is -3.63. The number of halogens is 6. The van der Waals surface area contributed by atoms with E-state index in [0.717, 1.165) is 12.1 Å². The lowest BCUT2D eigenvalue weighted by molar-refractivity contribution is -0.253. The smallest absolute Gasteiger partial charge is 0.427 e. The first-order valence-corrected chi connectivity index (χ1v) is 11.5. The van der Waals surface area contributed by atoms with Gasteiger partial charge in [0.2, 0.25) is 0 Å². The van der Waals surface area contributed by atoms with Gasteiger partial charge in [-0.2, -0.15) is 32.6 Å². The summed E-state index contributed by atoms with van der Waals surface area (Å²) in [6, 6.07) is 5.91. The fraction of sp³-hybridized carbons (Fsp3) is 0.318. The second kappa shape index (κ2) is 10.4. The Balaban J connectivity index is 1.62. The van der Waals surface area contributed by atoms with Gasteiger partial charge < -0.3 is 9.64 Å². The Kier molecular flexibility index (Phi) is 7.42. The van der Waals surface area contributed by atoms with Crippen molar-refractivity contribution < 1.29 is 27.1 Å². The average Bonchev–Trinajstić information content (AvgIpc) is 3.35. The molecule has 0 spiro atoms. The molecule has 3 heterocycles. The van der Waals surface area contributed by atoms with Gasteiger partial charge in [0.15, 0.2) is 11.6 Å². The monoisotopic (exact) mass is 557 g/mol. The zero-order chi connectivity index (χ0) is 26.9. The van der Waals surface area contributed by atoms with Crippen LogP contribution in [0.5, 0.6) is 5.75 Å². The maximum Gasteiger partial charge on any atom is 0.461 e. The number of alkyl halides is 4. The molecule has 15 heteroatoms. The number of nitrogens with zero attached hydrogens (tertiary/aromatic N) is 7. The summed E-state index contributed by atoms with van der Waals surface area (Å²) in [5.41, 5.74) is 0.318. The van der Waals surface area contributed by atoms with Crippen LogP contribution in [0.25, 0.3) is 5.82 Å². The maximum atomic E-state index is 13.5. The zero-order valence-corrected chi connectivity index (χ0v) is 20.5. The highest BCUT2D eigenvalue weighted by Gasteiger charge is 2.45. The van der Waals surface area contributed by atoms with E-state index in [1.54, 1.807) is 19.1 Å². The number of carbonyl (C=O) groups is 1. The molecule has 37 heavy (non-hydrogen) atoms. The van der Waals surface area contributed by atoms with Crippen molar-refractivity contribution in [3.8, 4) is 17.6 Å². The molecule has 0 N–H and O–H groups in total. The van der Waals surface area contributed by atoms with Crippen LogP contribution >= 0.6 is 23.2 Å². The Morgan fingerprint density at radius 2 is 1.92 bits per heavy atom. The normalized spacial score (nSPS) is 15.2. The van der Waals surface area contributed by atoms with E-state index in [2.05, 4.69) is 19.8 Å². The number of nitriles is 1. The molecular weight excluding hydrogens is 541 g/mol.